The number of furan rings is 1. The fraction of sp³-hybridized carbons (Fsp3) is 0.500. The Labute approximate surface area is 92.8 Å². The number of carbonyl (C=O) groups is 1. The highest BCUT2D eigenvalue weighted by Crippen LogP contribution is 2.32. The molecule has 1 unspecified atom stereocenters. The van der Waals surface area contributed by atoms with Gasteiger partial charge in [-0.1, -0.05) is 0 Å². The van der Waals surface area contributed by atoms with Crippen LogP contribution in [0.15, 0.2) is 16.7 Å². The maximum Gasteiger partial charge on any atom is 0.256 e. The van der Waals surface area contributed by atoms with Crippen molar-refractivity contribution in [1.82, 2.24) is 5.32 Å². The van der Waals surface area contributed by atoms with Crippen molar-refractivity contribution in [3.63, 3.8) is 0 Å². The van der Waals surface area contributed by atoms with Crippen molar-refractivity contribution >= 4 is 17.5 Å². The van der Waals surface area contributed by atoms with Gasteiger partial charge >= 0.3 is 0 Å². The molecule has 0 aromatic carbocycles. The van der Waals surface area contributed by atoms with E-state index < -0.39 is 0 Å². The highest BCUT2D eigenvalue weighted by molar-refractivity contribution is 6.32. The van der Waals surface area contributed by atoms with Crippen LogP contribution in [0.1, 0.15) is 23.2 Å². The number of nitrogens with one attached hydrogen (secondary N) is 1. The van der Waals surface area contributed by atoms with Gasteiger partial charge in [-0.3, -0.25) is 4.79 Å². The summed E-state index contributed by atoms with van der Waals surface area (Å²) in [4.78, 5) is 11.7. The summed E-state index contributed by atoms with van der Waals surface area (Å²) in [5.41, 5.74) is 5.95. The largest absolute Gasteiger partial charge is 0.452 e. The molecular weight excluding hydrogens is 216 g/mol. The number of nitrogens with two attached hydrogens (primary N) is 1. The Morgan fingerprint density at radius 1 is 1.73 bits per heavy atom. The van der Waals surface area contributed by atoms with Crippen LogP contribution in [0.25, 0.3) is 0 Å². The predicted octanol–water partition coefficient (Wildman–Crippen LogP) is 1.40. The fourth-order valence-corrected chi connectivity index (χ4v) is 1.77. The smallest absolute Gasteiger partial charge is 0.256 e. The molecule has 2 rings (SSSR count). The number of halogens is 1. The van der Waals surface area contributed by atoms with E-state index in [1.807, 2.05) is 0 Å². The van der Waals surface area contributed by atoms with E-state index in [0.717, 1.165) is 12.8 Å². The molecule has 1 saturated carbocycles. The Kier molecular flexibility index (Phi) is 2.98. The van der Waals surface area contributed by atoms with Crippen molar-refractivity contribution in [3.8, 4) is 0 Å². The molecule has 1 fully saturated rings. The third-order valence-electron chi connectivity index (χ3n) is 2.62. The average Bonchev–Trinajstić information content (AvgIpc) is 2.97. The molecule has 3 N–H and O–H groups in total. The molecule has 1 atom stereocenters. The number of rotatable bonds is 4. The Hall–Kier alpha value is -1.00. The van der Waals surface area contributed by atoms with Gasteiger partial charge in [-0.05, 0) is 36.4 Å². The van der Waals surface area contributed by atoms with Crippen LogP contribution in [0.3, 0.4) is 0 Å². The number of amides is 1. The third-order valence-corrected chi connectivity index (χ3v) is 2.92. The summed E-state index contributed by atoms with van der Waals surface area (Å²) in [5.74, 6) is 0.320. The fourth-order valence-electron chi connectivity index (χ4n) is 1.57. The Morgan fingerprint density at radius 3 is 2.93 bits per heavy atom. The molecule has 1 amide bonds. The van der Waals surface area contributed by atoms with E-state index in [1.165, 1.54) is 6.26 Å². The average molecular weight is 229 g/mol. The lowest BCUT2D eigenvalue weighted by Gasteiger charge is -2.15. The van der Waals surface area contributed by atoms with Gasteiger partial charge in [-0.15, -0.1) is 0 Å². The molecule has 0 spiro atoms. The van der Waals surface area contributed by atoms with Gasteiger partial charge in [0.15, 0.2) is 0 Å². The van der Waals surface area contributed by atoms with Gasteiger partial charge in [0.25, 0.3) is 5.91 Å². The molecule has 1 aliphatic carbocycles. The van der Waals surface area contributed by atoms with E-state index in [2.05, 4.69) is 5.32 Å². The zero-order valence-electron chi connectivity index (χ0n) is 8.20. The zero-order valence-corrected chi connectivity index (χ0v) is 8.96. The summed E-state index contributed by atoms with van der Waals surface area (Å²) in [6.45, 7) is 0.464. The molecule has 82 valence electrons. The summed E-state index contributed by atoms with van der Waals surface area (Å²) in [5, 5.41) is 2.99. The molecule has 4 nitrogen and oxygen atoms in total. The third kappa shape index (κ3) is 2.33. The van der Waals surface area contributed by atoms with Crippen molar-refractivity contribution in [3.05, 3.63) is 23.1 Å². The molecule has 1 aromatic rings. The van der Waals surface area contributed by atoms with E-state index in [-0.39, 0.29) is 17.2 Å². The highest BCUT2D eigenvalue weighted by atomic mass is 35.5. The van der Waals surface area contributed by atoms with Crippen molar-refractivity contribution in [2.45, 2.75) is 18.9 Å². The molecule has 0 bridgehead atoms. The highest BCUT2D eigenvalue weighted by Gasteiger charge is 2.31. The summed E-state index contributed by atoms with van der Waals surface area (Å²) >= 11 is 5.70. The molecular formula is C10H13ClN2O2. The molecule has 15 heavy (non-hydrogen) atoms. The zero-order chi connectivity index (χ0) is 10.8. The SMILES string of the molecule is NCC(NC(=O)c1ccoc1Cl)C1CC1. The quantitative estimate of drug-likeness (QED) is 0.819. The second-order valence-electron chi connectivity index (χ2n) is 3.76. The van der Waals surface area contributed by atoms with Crippen molar-refractivity contribution in [2.24, 2.45) is 11.7 Å². The number of carbonyl (C=O) groups excluding carboxylic acids is 1. The van der Waals surface area contributed by atoms with Crippen molar-refractivity contribution in [1.29, 1.82) is 0 Å². The van der Waals surface area contributed by atoms with Gasteiger partial charge in [0, 0.05) is 12.6 Å². The lowest BCUT2D eigenvalue weighted by atomic mass is 10.1. The number of hydrogen-bond acceptors (Lipinski definition) is 3. The van der Waals surface area contributed by atoms with Crippen molar-refractivity contribution in [2.75, 3.05) is 6.54 Å². The normalized spacial score (nSPS) is 17.5. The first-order valence-corrected chi connectivity index (χ1v) is 5.34. The second kappa shape index (κ2) is 4.24. The number of hydrogen-bond donors (Lipinski definition) is 2. The second-order valence-corrected chi connectivity index (χ2v) is 4.10. The van der Waals surface area contributed by atoms with E-state index in [1.54, 1.807) is 6.07 Å². The lowest BCUT2D eigenvalue weighted by Crippen LogP contribution is -2.41. The van der Waals surface area contributed by atoms with Gasteiger partial charge < -0.3 is 15.5 Å². The summed E-state index contributed by atoms with van der Waals surface area (Å²) in [6, 6.07) is 1.61. The van der Waals surface area contributed by atoms with Crippen LogP contribution >= 0.6 is 11.6 Å². The van der Waals surface area contributed by atoms with Crippen LogP contribution in [0.2, 0.25) is 5.22 Å². The minimum absolute atomic E-state index is 0.0588. The summed E-state index contributed by atoms with van der Waals surface area (Å²) < 4.78 is 4.85. The summed E-state index contributed by atoms with van der Waals surface area (Å²) in [7, 11) is 0. The van der Waals surface area contributed by atoms with Gasteiger partial charge in [0.05, 0.1) is 11.8 Å². The van der Waals surface area contributed by atoms with E-state index in [0.29, 0.717) is 18.0 Å². The predicted molar refractivity (Wildman–Crippen MR) is 56.8 cm³/mol. The van der Waals surface area contributed by atoms with Crippen LogP contribution < -0.4 is 11.1 Å². The van der Waals surface area contributed by atoms with E-state index >= 15 is 0 Å². The van der Waals surface area contributed by atoms with E-state index in [9.17, 15) is 4.79 Å². The topological polar surface area (TPSA) is 68.3 Å². The minimum atomic E-state index is -0.212. The molecule has 1 aromatic heterocycles. The Bertz CT molecular complexity index is 360. The van der Waals surface area contributed by atoms with Gasteiger partial charge in [-0.2, -0.15) is 0 Å². The van der Waals surface area contributed by atoms with Crippen LogP contribution in [0, 0.1) is 5.92 Å². The molecule has 0 saturated heterocycles. The molecule has 5 heteroatoms. The first-order valence-electron chi connectivity index (χ1n) is 4.96. The van der Waals surface area contributed by atoms with Crippen LogP contribution in [-0.4, -0.2) is 18.5 Å². The molecule has 1 heterocycles. The molecule has 0 radical (unpaired) electrons. The monoisotopic (exact) mass is 228 g/mol. The van der Waals surface area contributed by atoms with Crippen LogP contribution in [0.5, 0.6) is 0 Å². The summed E-state index contributed by atoms with van der Waals surface area (Å²) in [6.07, 6.45) is 3.67. The van der Waals surface area contributed by atoms with E-state index in [4.69, 9.17) is 21.8 Å². The standard InChI is InChI=1S/C10H13ClN2O2/c11-9-7(3-4-15-9)10(14)13-8(5-12)6-1-2-6/h3-4,6,8H,1-2,5,12H2,(H,13,14). The van der Waals surface area contributed by atoms with Crippen molar-refractivity contribution < 1.29 is 9.21 Å². The van der Waals surface area contributed by atoms with Gasteiger partial charge in [0.1, 0.15) is 0 Å². The van der Waals surface area contributed by atoms with Crippen LogP contribution in [0.4, 0.5) is 0 Å². The van der Waals surface area contributed by atoms with Gasteiger partial charge in [0.2, 0.25) is 5.22 Å². The Balaban J connectivity index is 1.99. The maximum absolute atomic E-state index is 11.7. The minimum Gasteiger partial charge on any atom is -0.452 e. The van der Waals surface area contributed by atoms with Gasteiger partial charge in [-0.25, -0.2) is 0 Å². The molecule has 0 aliphatic heterocycles. The first kappa shape index (κ1) is 10.5. The van der Waals surface area contributed by atoms with Crippen LogP contribution in [-0.2, 0) is 0 Å². The maximum atomic E-state index is 11.7. The Morgan fingerprint density at radius 2 is 2.47 bits per heavy atom. The first-order chi connectivity index (χ1) is 7.22. The molecule has 1 aliphatic rings. The lowest BCUT2D eigenvalue weighted by molar-refractivity contribution is 0.0933.